The van der Waals surface area contributed by atoms with Gasteiger partial charge in [0.25, 0.3) is 0 Å². The normalized spacial score (nSPS) is 11.6. The summed E-state index contributed by atoms with van der Waals surface area (Å²) in [7, 11) is 0. The lowest BCUT2D eigenvalue weighted by atomic mass is 10.0. The number of amides is 3. The molecule has 0 bridgehead atoms. The largest absolute Gasteiger partial charge is 0.338 e. The lowest BCUT2D eigenvalue weighted by Gasteiger charge is -2.19. The highest BCUT2D eigenvalue weighted by Gasteiger charge is 2.21. The molecule has 0 fully saturated rings. The SMILES string of the molecule is CCNC(=O)NC(=O)[C@H](NCc1ccccc1C)c1ccccc1. The maximum absolute atomic E-state index is 12.5. The van der Waals surface area contributed by atoms with E-state index in [0.717, 1.165) is 16.7 Å². The van der Waals surface area contributed by atoms with Gasteiger partial charge in [-0.05, 0) is 30.5 Å². The molecule has 0 spiro atoms. The Labute approximate surface area is 142 Å². The van der Waals surface area contributed by atoms with Crippen molar-refractivity contribution in [1.82, 2.24) is 16.0 Å². The van der Waals surface area contributed by atoms with E-state index >= 15 is 0 Å². The Bertz CT molecular complexity index is 686. The summed E-state index contributed by atoms with van der Waals surface area (Å²) in [6, 6.07) is 16.3. The maximum atomic E-state index is 12.5. The Hall–Kier alpha value is -2.66. The van der Waals surface area contributed by atoms with Crippen LogP contribution in [0.5, 0.6) is 0 Å². The molecule has 1 atom stereocenters. The standard InChI is InChI=1S/C19H23N3O2/c1-3-20-19(24)22-18(23)17(15-10-5-4-6-11-15)21-13-16-12-8-7-9-14(16)2/h4-12,17,21H,3,13H2,1-2H3,(H2,20,22,23,24)/t17-/m1/s1. The van der Waals surface area contributed by atoms with Crippen molar-refractivity contribution in [1.29, 1.82) is 0 Å². The lowest BCUT2D eigenvalue weighted by molar-refractivity contribution is -0.122. The average molecular weight is 325 g/mol. The zero-order valence-electron chi connectivity index (χ0n) is 14.0. The molecule has 5 heteroatoms. The van der Waals surface area contributed by atoms with Crippen molar-refractivity contribution in [2.45, 2.75) is 26.4 Å². The molecule has 0 heterocycles. The van der Waals surface area contributed by atoms with Crippen LogP contribution in [-0.2, 0) is 11.3 Å². The van der Waals surface area contributed by atoms with Gasteiger partial charge in [0.15, 0.2) is 0 Å². The van der Waals surface area contributed by atoms with Gasteiger partial charge in [-0.1, -0.05) is 54.6 Å². The number of imide groups is 1. The molecule has 0 unspecified atom stereocenters. The van der Waals surface area contributed by atoms with Crippen molar-refractivity contribution in [3.05, 3.63) is 71.3 Å². The summed E-state index contributed by atoms with van der Waals surface area (Å²) in [5.74, 6) is -0.374. The third-order valence-electron chi connectivity index (χ3n) is 3.73. The minimum atomic E-state index is -0.603. The van der Waals surface area contributed by atoms with Crippen LogP contribution in [0.25, 0.3) is 0 Å². The number of aryl methyl sites for hydroxylation is 1. The smallest absolute Gasteiger partial charge is 0.321 e. The van der Waals surface area contributed by atoms with Gasteiger partial charge in [-0.3, -0.25) is 15.4 Å². The van der Waals surface area contributed by atoms with Gasteiger partial charge in [0, 0.05) is 13.1 Å². The number of urea groups is 1. The predicted molar refractivity (Wildman–Crippen MR) is 94.4 cm³/mol. The molecule has 2 rings (SSSR count). The van der Waals surface area contributed by atoms with Gasteiger partial charge in [-0.15, -0.1) is 0 Å². The van der Waals surface area contributed by atoms with E-state index in [4.69, 9.17) is 0 Å². The molecule has 2 aromatic rings. The summed E-state index contributed by atoms with van der Waals surface area (Å²) >= 11 is 0. The van der Waals surface area contributed by atoms with E-state index in [1.807, 2.05) is 61.5 Å². The molecule has 2 aromatic carbocycles. The first-order valence-electron chi connectivity index (χ1n) is 8.03. The summed E-state index contributed by atoms with van der Waals surface area (Å²) in [4.78, 5) is 24.1. The molecule has 0 radical (unpaired) electrons. The molecule has 0 aliphatic heterocycles. The van der Waals surface area contributed by atoms with Crippen molar-refractivity contribution in [3.8, 4) is 0 Å². The fourth-order valence-electron chi connectivity index (χ4n) is 2.42. The van der Waals surface area contributed by atoms with E-state index in [1.54, 1.807) is 6.92 Å². The summed E-state index contributed by atoms with van der Waals surface area (Å²) in [5, 5.41) is 8.19. The highest BCUT2D eigenvalue weighted by Crippen LogP contribution is 2.15. The van der Waals surface area contributed by atoms with Gasteiger partial charge in [0.1, 0.15) is 6.04 Å². The highest BCUT2D eigenvalue weighted by molar-refractivity contribution is 5.97. The van der Waals surface area contributed by atoms with E-state index in [-0.39, 0.29) is 5.91 Å². The number of rotatable bonds is 6. The first-order chi connectivity index (χ1) is 11.6. The number of benzene rings is 2. The second kappa shape index (κ2) is 8.84. The summed E-state index contributed by atoms with van der Waals surface area (Å²) in [5.41, 5.74) is 3.08. The van der Waals surface area contributed by atoms with Crippen LogP contribution in [0, 0.1) is 6.92 Å². The quantitative estimate of drug-likeness (QED) is 0.765. The van der Waals surface area contributed by atoms with Crippen molar-refractivity contribution in [3.63, 3.8) is 0 Å². The Kier molecular flexibility index (Phi) is 6.51. The van der Waals surface area contributed by atoms with Crippen molar-refractivity contribution in [2.24, 2.45) is 0 Å². The first-order valence-corrected chi connectivity index (χ1v) is 8.03. The van der Waals surface area contributed by atoms with Crippen LogP contribution in [0.3, 0.4) is 0 Å². The van der Waals surface area contributed by atoms with E-state index in [0.29, 0.717) is 13.1 Å². The lowest BCUT2D eigenvalue weighted by Crippen LogP contribution is -2.45. The number of nitrogens with one attached hydrogen (secondary N) is 3. The molecule has 5 nitrogen and oxygen atoms in total. The van der Waals surface area contributed by atoms with Gasteiger partial charge in [0.05, 0.1) is 0 Å². The monoisotopic (exact) mass is 325 g/mol. The van der Waals surface area contributed by atoms with Gasteiger partial charge < -0.3 is 5.32 Å². The van der Waals surface area contributed by atoms with Crippen molar-refractivity contribution in [2.75, 3.05) is 6.54 Å². The van der Waals surface area contributed by atoms with Crippen LogP contribution < -0.4 is 16.0 Å². The Morgan fingerprint density at radius 2 is 1.67 bits per heavy atom. The Morgan fingerprint density at radius 3 is 2.33 bits per heavy atom. The summed E-state index contributed by atoms with van der Waals surface area (Å²) in [6.45, 7) is 4.83. The summed E-state index contributed by atoms with van der Waals surface area (Å²) in [6.07, 6.45) is 0. The molecule has 3 N–H and O–H groups in total. The van der Waals surface area contributed by atoms with Crippen LogP contribution in [0.4, 0.5) is 4.79 Å². The van der Waals surface area contributed by atoms with Crippen molar-refractivity contribution >= 4 is 11.9 Å². The van der Waals surface area contributed by atoms with Crippen molar-refractivity contribution < 1.29 is 9.59 Å². The van der Waals surface area contributed by atoms with E-state index in [9.17, 15) is 9.59 Å². The topological polar surface area (TPSA) is 70.2 Å². The van der Waals surface area contributed by atoms with Crippen LogP contribution >= 0.6 is 0 Å². The van der Waals surface area contributed by atoms with Crippen LogP contribution in [0.15, 0.2) is 54.6 Å². The molecule has 0 aliphatic carbocycles. The summed E-state index contributed by atoms with van der Waals surface area (Å²) < 4.78 is 0. The Balaban J connectivity index is 2.13. The van der Waals surface area contributed by atoms with Crippen LogP contribution in [-0.4, -0.2) is 18.5 Å². The zero-order valence-corrected chi connectivity index (χ0v) is 14.0. The Morgan fingerprint density at radius 1 is 1.00 bits per heavy atom. The first kappa shape index (κ1) is 17.7. The predicted octanol–water partition coefficient (Wildman–Crippen LogP) is 2.67. The second-order valence-corrected chi connectivity index (χ2v) is 5.50. The van der Waals surface area contributed by atoms with Crippen LogP contribution in [0.1, 0.15) is 29.7 Å². The van der Waals surface area contributed by atoms with Gasteiger partial charge in [-0.25, -0.2) is 4.79 Å². The molecule has 0 saturated carbocycles. The minimum Gasteiger partial charge on any atom is -0.338 e. The maximum Gasteiger partial charge on any atom is 0.321 e. The molecule has 0 saturated heterocycles. The van der Waals surface area contributed by atoms with Gasteiger partial charge in [-0.2, -0.15) is 0 Å². The number of carbonyl (C=O) groups is 2. The van der Waals surface area contributed by atoms with Crippen LogP contribution in [0.2, 0.25) is 0 Å². The van der Waals surface area contributed by atoms with E-state index in [2.05, 4.69) is 16.0 Å². The average Bonchev–Trinajstić information content (AvgIpc) is 2.58. The fourth-order valence-corrected chi connectivity index (χ4v) is 2.42. The molecular weight excluding hydrogens is 302 g/mol. The third-order valence-corrected chi connectivity index (χ3v) is 3.73. The second-order valence-electron chi connectivity index (χ2n) is 5.50. The van der Waals surface area contributed by atoms with Gasteiger partial charge in [0.2, 0.25) is 5.91 Å². The molecule has 24 heavy (non-hydrogen) atoms. The number of hydrogen-bond donors (Lipinski definition) is 3. The molecule has 126 valence electrons. The number of hydrogen-bond acceptors (Lipinski definition) is 3. The van der Waals surface area contributed by atoms with Gasteiger partial charge >= 0.3 is 6.03 Å². The molecule has 0 aromatic heterocycles. The fraction of sp³-hybridized carbons (Fsp3) is 0.263. The molecular formula is C19H23N3O2. The minimum absolute atomic E-state index is 0.374. The van der Waals surface area contributed by atoms with E-state index in [1.165, 1.54) is 0 Å². The highest BCUT2D eigenvalue weighted by atomic mass is 16.2. The number of carbonyl (C=O) groups excluding carboxylic acids is 2. The third kappa shape index (κ3) is 4.93. The molecule has 3 amide bonds. The molecule has 0 aliphatic rings. The zero-order chi connectivity index (χ0) is 17.4. The van der Waals surface area contributed by atoms with E-state index < -0.39 is 12.1 Å².